The number of halogens is 3. The second-order valence-electron chi connectivity index (χ2n) is 4.95. The van der Waals surface area contributed by atoms with Crippen molar-refractivity contribution in [3.63, 3.8) is 0 Å². The van der Waals surface area contributed by atoms with Crippen LogP contribution < -0.4 is 5.32 Å². The average molecular weight is 349 g/mol. The number of anilines is 1. The molecule has 0 bridgehead atoms. The van der Waals surface area contributed by atoms with E-state index in [4.69, 9.17) is 0 Å². The van der Waals surface area contributed by atoms with Gasteiger partial charge < -0.3 is 15.3 Å². The molecular formula is C13H15BrF2N2O2. The van der Waals surface area contributed by atoms with Gasteiger partial charge in [0.05, 0.1) is 6.10 Å². The van der Waals surface area contributed by atoms with Crippen LogP contribution in [0.4, 0.5) is 19.3 Å². The lowest BCUT2D eigenvalue weighted by Crippen LogP contribution is -2.47. The molecule has 2 unspecified atom stereocenters. The van der Waals surface area contributed by atoms with E-state index in [0.717, 1.165) is 12.1 Å². The summed E-state index contributed by atoms with van der Waals surface area (Å²) in [6.45, 7) is 2.50. The molecule has 1 aromatic carbocycles. The fourth-order valence-electron chi connectivity index (χ4n) is 2.08. The molecule has 0 aromatic heterocycles. The lowest BCUT2D eigenvalue weighted by atomic mass is 9.96. The number of benzene rings is 1. The van der Waals surface area contributed by atoms with Crippen LogP contribution in [-0.4, -0.2) is 35.2 Å². The molecule has 1 aliphatic rings. The third-order valence-electron chi connectivity index (χ3n) is 3.44. The summed E-state index contributed by atoms with van der Waals surface area (Å²) in [5, 5.41) is 11.9. The van der Waals surface area contributed by atoms with E-state index >= 15 is 0 Å². The van der Waals surface area contributed by atoms with Crippen LogP contribution in [0.1, 0.15) is 13.3 Å². The number of aliphatic hydroxyl groups is 1. The van der Waals surface area contributed by atoms with Crippen molar-refractivity contribution in [3.05, 3.63) is 28.2 Å². The number of hydrogen-bond acceptors (Lipinski definition) is 2. The second-order valence-corrected chi connectivity index (χ2v) is 5.87. The molecule has 0 radical (unpaired) electrons. The zero-order valence-corrected chi connectivity index (χ0v) is 12.5. The van der Waals surface area contributed by atoms with Gasteiger partial charge in [0, 0.05) is 17.6 Å². The molecule has 110 valence electrons. The van der Waals surface area contributed by atoms with E-state index in [-0.39, 0.29) is 16.9 Å². The minimum absolute atomic E-state index is 0.111. The van der Waals surface area contributed by atoms with Crippen LogP contribution in [0.15, 0.2) is 16.6 Å². The highest BCUT2D eigenvalue weighted by Gasteiger charge is 2.28. The summed E-state index contributed by atoms with van der Waals surface area (Å²) >= 11 is 2.97. The fourth-order valence-corrected chi connectivity index (χ4v) is 2.48. The molecule has 1 fully saturated rings. The number of hydrogen-bond donors (Lipinski definition) is 2. The molecule has 0 aliphatic carbocycles. The monoisotopic (exact) mass is 348 g/mol. The number of piperidine rings is 1. The maximum absolute atomic E-state index is 13.6. The molecule has 2 N–H and O–H groups in total. The average Bonchev–Trinajstić information content (AvgIpc) is 2.36. The number of rotatable bonds is 1. The highest BCUT2D eigenvalue weighted by Crippen LogP contribution is 2.25. The van der Waals surface area contributed by atoms with E-state index in [9.17, 15) is 18.7 Å². The van der Waals surface area contributed by atoms with Crippen molar-refractivity contribution in [2.24, 2.45) is 5.92 Å². The fraction of sp³-hybridized carbons (Fsp3) is 0.462. The Bertz CT molecular complexity index is 504. The van der Waals surface area contributed by atoms with Gasteiger partial charge in [-0.2, -0.15) is 0 Å². The second kappa shape index (κ2) is 6.05. The zero-order chi connectivity index (χ0) is 14.9. The van der Waals surface area contributed by atoms with Gasteiger partial charge in [-0.05, 0) is 24.5 Å². The van der Waals surface area contributed by atoms with Crippen LogP contribution in [0, 0.1) is 17.6 Å². The Hall–Kier alpha value is -1.21. The van der Waals surface area contributed by atoms with Crippen molar-refractivity contribution >= 4 is 27.6 Å². The summed E-state index contributed by atoms with van der Waals surface area (Å²) in [7, 11) is 0. The lowest BCUT2D eigenvalue weighted by molar-refractivity contribution is 0.0463. The van der Waals surface area contributed by atoms with Gasteiger partial charge in [-0.15, -0.1) is 0 Å². The molecule has 2 amide bonds. The van der Waals surface area contributed by atoms with Gasteiger partial charge >= 0.3 is 6.03 Å². The Kier molecular flexibility index (Phi) is 4.59. The molecule has 1 heterocycles. The van der Waals surface area contributed by atoms with Crippen molar-refractivity contribution in [3.8, 4) is 0 Å². The number of carbonyl (C=O) groups is 1. The van der Waals surface area contributed by atoms with E-state index < -0.39 is 29.5 Å². The highest BCUT2D eigenvalue weighted by molar-refractivity contribution is 9.10. The molecule has 20 heavy (non-hydrogen) atoms. The van der Waals surface area contributed by atoms with E-state index in [1.54, 1.807) is 0 Å². The normalized spacial score (nSPS) is 22.8. The van der Waals surface area contributed by atoms with Crippen molar-refractivity contribution in [1.82, 2.24) is 4.90 Å². The van der Waals surface area contributed by atoms with Gasteiger partial charge in [0.2, 0.25) is 0 Å². The number of nitrogens with zero attached hydrogens (tertiary/aromatic N) is 1. The van der Waals surface area contributed by atoms with E-state index in [1.807, 2.05) is 6.92 Å². The minimum Gasteiger partial charge on any atom is -0.391 e. The molecule has 2 atom stereocenters. The summed E-state index contributed by atoms with van der Waals surface area (Å²) in [5.74, 6) is -1.59. The number of carbonyl (C=O) groups excluding carboxylic acids is 1. The summed E-state index contributed by atoms with van der Waals surface area (Å²) in [5.41, 5.74) is -0.480. The Labute approximate surface area is 123 Å². The van der Waals surface area contributed by atoms with Crippen LogP contribution >= 0.6 is 15.9 Å². The molecule has 4 nitrogen and oxygen atoms in total. The van der Waals surface area contributed by atoms with Gasteiger partial charge in [-0.3, -0.25) is 0 Å². The SMILES string of the molecule is CC1CCN(C(=O)Nc2c(F)cc(Br)cc2F)CC1O. The van der Waals surface area contributed by atoms with Gasteiger partial charge in [0.15, 0.2) is 11.6 Å². The van der Waals surface area contributed by atoms with Crippen molar-refractivity contribution in [1.29, 1.82) is 0 Å². The zero-order valence-electron chi connectivity index (χ0n) is 10.9. The van der Waals surface area contributed by atoms with Gasteiger partial charge in [-0.1, -0.05) is 22.9 Å². The van der Waals surface area contributed by atoms with Gasteiger partial charge in [0.1, 0.15) is 5.69 Å². The standard InChI is InChI=1S/C13H15BrF2N2O2/c1-7-2-3-18(6-11(7)19)13(20)17-12-9(15)4-8(14)5-10(12)16/h4-5,7,11,19H,2-3,6H2,1H3,(H,17,20). The van der Waals surface area contributed by atoms with E-state index in [0.29, 0.717) is 13.0 Å². The first kappa shape index (κ1) is 15.2. The van der Waals surface area contributed by atoms with Crippen LogP contribution in [0.5, 0.6) is 0 Å². The molecule has 1 aliphatic heterocycles. The summed E-state index contributed by atoms with van der Waals surface area (Å²) in [4.78, 5) is 13.3. The smallest absolute Gasteiger partial charge is 0.322 e. The van der Waals surface area contributed by atoms with Gasteiger partial charge in [-0.25, -0.2) is 13.6 Å². The summed E-state index contributed by atoms with van der Waals surface area (Å²) < 4.78 is 27.5. The number of aliphatic hydroxyl groups excluding tert-OH is 1. The molecule has 1 saturated heterocycles. The van der Waals surface area contributed by atoms with Crippen LogP contribution in [-0.2, 0) is 0 Å². The maximum Gasteiger partial charge on any atom is 0.322 e. The maximum atomic E-state index is 13.6. The van der Waals surface area contributed by atoms with Crippen LogP contribution in [0.3, 0.4) is 0 Å². The lowest BCUT2D eigenvalue weighted by Gasteiger charge is -2.34. The van der Waals surface area contributed by atoms with Gasteiger partial charge in [0.25, 0.3) is 0 Å². The first-order valence-corrected chi connectivity index (χ1v) is 7.06. The summed E-state index contributed by atoms with van der Waals surface area (Å²) in [6, 6.07) is 1.54. The number of amides is 2. The Balaban J connectivity index is 2.09. The Morgan fingerprint density at radius 2 is 2.05 bits per heavy atom. The first-order valence-electron chi connectivity index (χ1n) is 6.27. The molecule has 2 rings (SSSR count). The number of β-amino-alcohol motifs (C(OH)–C–C–N with tert-alkyl or cyclic N) is 1. The number of nitrogens with one attached hydrogen (secondary N) is 1. The number of likely N-dealkylation sites (tertiary alicyclic amines) is 1. The van der Waals surface area contributed by atoms with Crippen LogP contribution in [0.2, 0.25) is 0 Å². The highest BCUT2D eigenvalue weighted by atomic mass is 79.9. The quantitative estimate of drug-likeness (QED) is 0.819. The van der Waals surface area contributed by atoms with E-state index in [1.165, 1.54) is 4.90 Å². The third-order valence-corrected chi connectivity index (χ3v) is 3.90. The predicted molar refractivity (Wildman–Crippen MR) is 74.4 cm³/mol. The van der Waals surface area contributed by atoms with Crippen molar-refractivity contribution in [2.75, 3.05) is 18.4 Å². The largest absolute Gasteiger partial charge is 0.391 e. The Morgan fingerprint density at radius 1 is 1.45 bits per heavy atom. The van der Waals surface area contributed by atoms with Crippen molar-refractivity contribution in [2.45, 2.75) is 19.4 Å². The molecule has 1 aromatic rings. The minimum atomic E-state index is -0.851. The third kappa shape index (κ3) is 3.27. The predicted octanol–water partition coefficient (Wildman–Crippen LogP) is 2.96. The Morgan fingerprint density at radius 3 is 2.60 bits per heavy atom. The molecule has 0 saturated carbocycles. The molecule has 7 heteroatoms. The molecule has 0 spiro atoms. The molecular weight excluding hydrogens is 334 g/mol. The first-order chi connectivity index (χ1) is 9.38. The summed E-state index contributed by atoms with van der Waals surface area (Å²) in [6.07, 6.45) is 0.0361. The number of urea groups is 1. The van der Waals surface area contributed by atoms with Crippen LogP contribution in [0.25, 0.3) is 0 Å². The van der Waals surface area contributed by atoms with Crippen molar-refractivity contribution < 1.29 is 18.7 Å². The topological polar surface area (TPSA) is 52.6 Å². The van der Waals surface area contributed by atoms with E-state index in [2.05, 4.69) is 21.2 Å².